The fourth-order valence-electron chi connectivity index (χ4n) is 2.12. The summed E-state index contributed by atoms with van der Waals surface area (Å²) in [5.41, 5.74) is 1.78. The Morgan fingerprint density at radius 2 is 2.00 bits per heavy atom. The van der Waals surface area contributed by atoms with Crippen LogP contribution < -0.4 is 5.32 Å². The van der Waals surface area contributed by atoms with Crippen molar-refractivity contribution in [1.29, 1.82) is 0 Å². The maximum atomic E-state index is 12.1. The zero-order chi connectivity index (χ0) is 17.7. The van der Waals surface area contributed by atoms with Gasteiger partial charge in [0.05, 0.1) is 12.2 Å². The van der Waals surface area contributed by atoms with Crippen LogP contribution in [0.3, 0.4) is 0 Å². The molecule has 0 spiro atoms. The lowest BCUT2D eigenvalue weighted by atomic mass is 10.1. The Hall–Kier alpha value is -2.42. The smallest absolute Gasteiger partial charge is 0.346 e. The summed E-state index contributed by atoms with van der Waals surface area (Å²) < 4.78 is 37.9. The van der Waals surface area contributed by atoms with Crippen LogP contribution in [0.1, 0.15) is 18.5 Å². The molecule has 1 aromatic heterocycles. The molecule has 0 fully saturated rings. The maximum absolute atomic E-state index is 12.1. The van der Waals surface area contributed by atoms with Gasteiger partial charge in [0.1, 0.15) is 19.2 Å². The van der Waals surface area contributed by atoms with Crippen molar-refractivity contribution in [1.82, 2.24) is 25.0 Å². The van der Waals surface area contributed by atoms with E-state index in [0.717, 1.165) is 11.3 Å². The van der Waals surface area contributed by atoms with Crippen LogP contribution in [0.5, 0.6) is 0 Å². The molecule has 6 nitrogen and oxygen atoms in total. The van der Waals surface area contributed by atoms with E-state index in [1.54, 1.807) is 23.0 Å². The van der Waals surface area contributed by atoms with Gasteiger partial charge in [0.2, 0.25) is 5.91 Å². The fourth-order valence-corrected chi connectivity index (χ4v) is 2.12. The van der Waals surface area contributed by atoms with E-state index < -0.39 is 18.6 Å². The molecule has 9 heteroatoms. The lowest BCUT2D eigenvalue weighted by Crippen LogP contribution is -2.40. The van der Waals surface area contributed by atoms with Gasteiger partial charge in [-0.05, 0) is 31.7 Å². The van der Waals surface area contributed by atoms with Crippen molar-refractivity contribution in [3.63, 3.8) is 0 Å². The molecule has 2 rings (SSSR count). The van der Waals surface area contributed by atoms with Gasteiger partial charge in [0.25, 0.3) is 0 Å². The molecule has 1 N–H and O–H groups in total. The summed E-state index contributed by atoms with van der Waals surface area (Å²) in [5, 5.41) is 5.89. The molecular formula is C15H18F3N5O. The summed E-state index contributed by atoms with van der Waals surface area (Å²) in [6, 6.07) is 7.35. The predicted octanol–water partition coefficient (Wildman–Crippen LogP) is 1.94. The van der Waals surface area contributed by atoms with E-state index in [9.17, 15) is 18.0 Å². The Morgan fingerprint density at radius 3 is 2.54 bits per heavy atom. The Bertz CT molecular complexity index is 655. The van der Waals surface area contributed by atoms with Crippen LogP contribution >= 0.6 is 0 Å². The SMILES string of the molecule is C[C@H](c1ccc(-n2cncn2)cc1)N(C)CC(=O)NCC(F)(F)F. The van der Waals surface area contributed by atoms with E-state index in [1.165, 1.54) is 6.33 Å². The summed E-state index contributed by atoms with van der Waals surface area (Å²) in [6.45, 7) is 0.435. The molecule has 1 aromatic carbocycles. The molecule has 0 aliphatic carbocycles. The lowest BCUT2D eigenvalue weighted by molar-refractivity contribution is -0.139. The van der Waals surface area contributed by atoms with Gasteiger partial charge in [-0.15, -0.1) is 0 Å². The molecule has 0 bridgehead atoms. The summed E-state index contributed by atoms with van der Waals surface area (Å²) in [7, 11) is 1.68. The van der Waals surface area contributed by atoms with E-state index in [0.29, 0.717) is 0 Å². The third-order valence-electron chi connectivity index (χ3n) is 3.60. The number of likely N-dealkylation sites (N-methyl/N-ethyl adjacent to an activating group) is 1. The summed E-state index contributed by atoms with van der Waals surface area (Å²) >= 11 is 0. The second-order valence-electron chi connectivity index (χ2n) is 5.41. The standard InChI is InChI=1S/C15H18F3N5O/c1-11(22(2)7-14(24)20-8-15(16,17)18)12-3-5-13(6-4-12)23-10-19-9-21-23/h3-6,9-11H,7-8H2,1-2H3,(H,20,24)/t11-/m1/s1. The number of hydrogen-bond acceptors (Lipinski definition) is 4. The molecule has 1 amide bonds. The highest BCUT2D eigenvalue weighted by atomic mass is 19.4. The highest BCUT2D eigenvalue weighted by Gasteiger charge is 2.28. The summed E-state index contributed by atoms with van der Waals surface area (Å²) in [4.78, 5) is 17.1. The second kappa shape index (κ2) is 7.43. The van der Waals surface area contributed by atoms with E-state index >= 15 is 0 Å². The van der Waals surface area contributed by atoms with Gasteiger partial charge in [-0.25, -0.2) is 9.67 Å². The Balaban J connectivity index is 1.93. The molecule has 0 aliphatic rings. The maximum Gasteiger partial charge on any atom is 0.405 e. The third kappa shape index (κ3) is 5.05. The van der Waals surface area contributed by atoms with Crippen LogP contribution in [0, 0.1) is 0 Å². The van der Waals surface area contributed by atoms with E-state index in [1.807, 2.05) is 36.5 Å². The van der Waals surface area contributed by atoms with Gasteiger partial charge >= 0.3 is 6.18 Å². The van der Waals surface area contributed by atoms with E-state index in [2.05, 4.69) is 10.1 Å². The van der Waals surface area contributed by atoms with Crippen molar-refractivity contribution in [3.8, 4) is 5.69 Å². The first kappa shape index (κ1) is 17.9. The van der Waals surface area contributed by atoms with Crippen molar-refractivity contribution in [2.24, 2.45) is 0 Å². The highest BCUT2D eigenvalue weighted by Crippen LogP contribution is 2.20. The first-order valence-corrected chi connectivity index (χ1v) is 7.25. The zero-order valence-electron chi connectivity index (χ0n) is 13.3. The Labute approximate surface area is 137 Å². The molecule has 0 saturated heterocycles. The zero-order valence-corrected chi connectivity index (χ0v) is 13.3. The molecule has 1 atom stereocenters. The number of halogens is 3. The third-order valence-corrected chi connectivity index (χ3v) is 3.60. The van der Waals surface area contributed by atoms with Crippen LogP contribution in [0.25, 0.3) is 5.69 Å². The van der Waals surface area contributed by atoms with Gasteiger partial charge in [-0.3, -0.25) is 9.69 Å². The summed E-state index contributed by atoms with van der Waals surface area (Å²) in [5.74, 6) is -0.666. The minimum Gasteiger partial charge on any atom is -0.346 e. The van der Waals surface area contributed by atoms with E-state index in [4.69, 9.17) is 0 Å². The molecule has 0 unspecified atom stereocenters. The van der Waals surface area contributed by atoms with Gasteiger partial charge in [0.15, 0.2) is 0 Å². The number of benzene rings is 1. The normalized spacial score (nSPS) is 13.1. The molecule has 0 aliphatic heterocycles. The molecule has 0 radical (unpaired) electrons. The second-order valence-corrected chi connectivity index (χ2v) is 5.41. The largest absolute Gasteiger partial charge is 0.405 e. The Kier molecular flexibility index (Phi) is 5.55. The van der Waals surface area contributed by atoms with Crippen LogP contribution in [-0.2, 0) is 4.79 Å². The number of nitrogens with zero attached hydrogens (tertiary/aromatic N) is 4. The van der Waals surface area contributed by atoms with Crippen molar-refractivity contribution in [2.75, 3.05) is 20.1 Å². The molecule has 0 saturated carbocycles. The number of alkyl halides is 3. The lowest BCUT2D eigenvalue weighted by Gasteiger charge is -2.24. The monoisotopic (exact) mass is 341 g/mol. The number of carbonyl (C=O) groups excluding carboxylic acids is 1. The number of amides is 1. The average Bonchev–Trinajstić information content (AvgIpc) is 3.06. The van der Waals surface area contributed by atoms with Gasteiger partial charge in [0, 0.05) is 6.04 Å². The van der Waals surface area contributed by atoms with Crippen molar-refractivity contribution in [3.05, 3.63) is 42.5 Å². The van der Waals surface area contributed by atoms with Crippen molar-refractivity contribution in [2.45, 2.75) is 19.1 Å². The average molecular weight is 341 g/mol. The number of aromatic nitrogens is 3. The van der Waals surface area contributed by atoms with Crippen LogP contribution in [0.2, 0.25) is 0 Å². The number of carbonyl (C=O) groups is 1. The van der Waals surface area contributed by atoms with Crippen LogP contribution in [0.4, 0.5) is 13.2 Å². The molecule has 24 heavy (non-hydrogen) atoms. The first-order chi connectivity index (χ1) is 11.3. The van der Waals surface area contributed by atoms with Crippen LogP contribution in [-0.4, -0.2) is 51.9 Å². The predicted molar refractivity (Wildman–Crippen MR) is 81.5 cm³/mol. The van der Waals surface area contributed by atoms with Crippen LogP contribution in [0.15, 0.2) is 36.9 Å². The minimum atomic E-state index is -4.41. The molecular weight excluding hydrogens is 323 g/mol. The van der Waals surface area contributed by atoms with E-state index in [-0.39, 0.29) is 12.6 Å². The highest BCUT2D eigenvalue weighted by molar-refractivity contribution is 5.78. The minimum absolute atomic E-state index is 0.123. The fraction of sp³-hybridized carbons (Fsp3) is 0.400. The number of nitrogens with one attached hydrogen (secondary N) is 1. The Morgan fingerprint density at radius 1 is 1.33 bits per heavy atom. The molecule has 130 valence electrons. The first-order valence-electron chi connectivity index (χ1n) is 7.25. The van der Waals surface area contributed by atoms with Crippen molar-refractivity contribution < 1.29 is 18.0 Å². The van der Waals surface area contributed by atoms with Gasteiger partial charge in [-0.1, -0.05) is 12.1 Å². The summed E-state index contributed by atoms with van der Waals surface area (Å²) in [6.07, 6.45) is -1.39. The van der Waals surface area contributed by atoms with Crippen molar-refractivity contribution >= 4 is 5.91 Å². The van der Waals surface area contributed by atoms with Gasteiger partial charge in [-0.2, -0.15) is 18.3 Å². The molecule has 1 heterocycles. The number of hydrogen-bond donors (Lipinski definition) is 1. The number of rotatable bonds is 6. The molecule has 2 aromatic rings. The quantitative estimate of drug-likeness (QED) is 0.872. The van der Waals surface area contributed by atoms with Gasteiger partial charge < -0.3 is 5.32 Å². The topological polar surface area (TPSA) is 63.1 Å².